The third-order valence-corrected chi connectivity index (χ3v) is 15.3. The van der Waals surface area contributed by atoms with Crippen molar-refractivity contribution in [2.45, 2.75) is 47.5 Å². The van der Waals surface area contributed by atoms with Crippen LogP contribution >= 0.6 is 0 Å². The fourth-order valence-electron chi connectivity index (χ4n) is 10.3. The normalized spacial score (nSPS) is 16.0. The second-order valence-electron chi connectivity index (χ2n) is 18.0. The Morgan fingerprint density at radius 3 is 1.43 bits per heavy atom. The van der Waals surface area contributed by atoms with Gasteiger partial charge in [-0.25, -0.2) is 15.0 Å². The van der Waals surface area contributed by atoms with Crippen molar-refractivity contribution in [3.63, 3.8) is 0 Å². The molecule has 1 aliphatic rings. The van der Waals surface area contributed by atoms with Crippen LogP contribution in [0, 0.1) is 6.92 Å². The van der Waals surface area contributed by atoms with Crippen molar-refractivity contribution in [2.24, 2.45) is 0 Å². The van der Waals surface area contributed by atoms with Crippen LogP contribution in [0.1, 0.15) is 63.2 Å². The average Bonchev–Trinajstić information content (AvgIpc) is 4.05. The predicted octanol–water partition coefficient (Wildman–Crippen LogP) is 9.57. The van der Waals surface area contributed by atoms with Gasteiger partial charge in [-0.15, -0.1) is 0 Å². The molecule has 0 unspecified atom stereocenters. The van der Waals surface area contributed by atoms with E-state index in [1.54, 1.807) is 45.1 Å². The van der Waals surface area contributed by atoms with E-state index in [9.17, 15) is 13.5 Å². The van der Waals surface area contributed by atoms with E-state index in [0.717, 1.165) is 38.9 Å². The number of ether oxygens (including phenoxy) is 5. The monoisotopic (exact) mass is 1010 g/mol. The third kappa shape index (κ3) is 8.66. The molecule has 1 saturated heterocycles. The number of benzene rings is 7. The van der Waals surface area contributed by atoms with Gasteiger partial charge in [0.15, 0.2) is 29.0 Å². The summed E-state index contributed by atoms with van der Waals surface area (Å²) in [6, 6.07) is 57.0. The van der Waals surface area contributed by atoms with E-state index in [4.69, 9.17) is 48.6 Å². The van der Waals surface area contributed by atoms with Gasteiger partial charge in [0, 0.05) is 6.42 Å². The molecule has 0 radical (unpaired) electrons. The van der Waals surface area contributed by atoms with Crippen LogP contribution in [0.2, 0.25) is 0 Å². The maximum Gasteiger partial charge on any atom is 0.297 e. The molecule has 0 saturated carbocycles. The molecule has 3 atom stereocenters. The highest BCUT2D eigenvalue weighted by Crippen LogP contribution is 2.51. The van der Waals surface area contributed by atoms with E-state index in [1.807, 2.05) is 165 Å². The molecule has 0 amide bonds. The summed E-state index contributed by atoms with van der Waals surface area (Å²) >= 11 is 0. The summed E-state index contributed by atoms with van der Waals surface area (Å²) in [6.07, 6.45) is -3.44. The zero-order chi connectivity index (χ0) is 51.6. The van der Waals surface area contributed by atoms with Crippen molar-refractivity contribution in [1.29, 1.82) is 0 Å². The molecule has 3 heterocycles. The molecule has 2 aromatic heterocycles. The van der Waals surface area contributed by atoms with Gasteiger partial charge in [-0.1, -0.05) is 127 Å². The summed E-state index contributed by atoms with van der Waals surface area (Å²) in [5.41, 5.74) is 10.6. The average molecular weight is 1010 g/mol. The zero-order valence-electron chi connectivity index (χ0n) is 41.5. The minimum atomic E-state index is -4.45. The Morgan fingerprint density at radius 1 is 0.581 bits per heavy atom. The molecule has 74 heavy (non-hydrogen) atoms. The number of hydrogen-bond acceptors (Lipinski definition) is 13. The van der Waals surface area contributed by atoms with Gasteiger partial charge in [-0.2, -0.15) is 8.42 Å². The van der Waals surface area contributed by atoms with Crippen molar-refractivity contribution < 1.29 is 41.4 Å². The lowest BCUT2D eigenvalue weighted by Crippen LogP contribution is -2.37. The predicted molar refractivity (Wildman–Crippen MR) is 281 cm³/mol. The zero-order valence-corrected chi connectivity index (χ0v) is 42.3. The number of nitrogens with zero attached hydrogens (tertiary/aromatic N) is 4. The van der Waals surface area contributed by atoms with Crippen LogP contribution in [-0.4, -0.2) is 80.3 Å². The first-order valence-electron chi connectivity index (χ1n) is 24.0. The highest BCUT2D eigenvalue weighted by atomic mass is 32.2. The summed E-state index contributed by atoms with van der Waals surface area (Å²) in [5, 5.41) is 10.9. The number of aromatic nitrogens is 4. The van der Waals surface area contributed by atoms with Crippen LogP contribution in [0.15, 0.2) is 187 Å². The van der Waals surface area contributed by atoms with Crippen LogP contribution in [0.5, 0.6) is 23.0 Å². The Labute approximate surface area is 430 Å². The summed E-state index contributed by atoms with van der Waals surface area (Å²) in [6.45, 7) is 1.43. The molecular weight excluding hydrogens is 955 g/mol. The van der Waals surface area contributed by atoms with Crippen molar-refractivity contribution in [1.82, 2.24) is 19.5 Å². The van der Waals surface area contributed by atoms with Gasteiger partial charge in [-0.3, -0.25) is 8.75 Å². The van der Waals surface area contributed by atoms with E-state index >= 15 is 0 Å². The highest BCUT2D eigenvalue weighted by Gasteiger charge is 2.50. The van der Waals surface area contributed by atoms with Crippen LogP contribution < -0.4 is 24.7 Å². The highest BCUT2D eigenvalue weighted by molar-refractivity contribution is 7.86. The molecule has 1 aliphatic heterocycles. The minimum absolute atomic E-state index is 0.0200. The van der Waals surface area contributed by atoms with Crippen LogP contribution in [0.4, 0.5) is 5.82 Å². The van der Waals surface area contributed by atoms with E-state index < -0.39 is 46.0 Å². The Morgan fingerprint density at radius 2 is 1.00 bits per heavy atom. The number of nitrogens with two attached hydrogens (primary N) is 1. The summed E-state index contributed by atoms with van der Waals surface area (Å²) < 4.78 is 66.7. The van der Waals surface area contributed by atoms with Gasteiger partial charge in [0.05, 0.1) is 46.0 Å². The second-order valence-corrected chi connectivity index (χ2v) is 19.6. The summed E-state index contributed by atoms with van der Waals surface area (Å²) in [7, 11) is 1.99. The number of hydrogen-bond donors (Lipinski definition) is 2. The van der Waals surface area contributed by atoms with Crippen LogP contribution in [0.3, 0.4) is 0 Å². The molecule has 0 spiro atoms. The Balaban J connectivity index is 1.36. The second kappa shape index (κ2) is 20.4. The Hall–Kier alpha value is -8.08. The lowest BCUT2D eigenvalue weighted by molar-refractivity contribution is -0.0447. The van der Waals surface area contributed by atoms with Crippen LogP contribution in [-0.2, 0) is 29.9 Å². The molecular formula is C59H55N5O9S. The lowest BCUT2D eigenvalue weighted by Gasteiger charge is -2.37. The first-order chi connectivity index (χ1) is 36.0. The molecule has 376 valence electrons. The van der Waals surface area contributed by atoms with E-state index in [2.05, 4.69) is 0 Å². The van der Waals surface area contributed by atoms with Crippen molar-refractivity contribution >= 4 is 27.1 Å². The number of aliphatic hydroxyl groups excluding tert-OH is 1. The fourth-order valence-corrected chi connectivity index (χ4v) is 11.3. The molecule has 7 aromatic carbocycles. The van der Waals surface area contributed by atoms with E-state index in [1.165, 1.54) is 12.1 Å². The van der Waals surface area contributed by atoms with Crippen molar-refractivity contribution in [3.05, 3.63) is 233 Å². The number of methoxy groups -OCH3 is 4. The first-order valence-corrected chi connectivity index (χ1v) is 25.4. The molecule has 15 heteroatoms. The van der Waals surface area contributed by atoms with E-state index in [0.29, 0.717) is 28.8 Å². The standard InChI is InChI=1S/C59H55N5O9S/c1-38-16-34-50(35-17-38)74(66,67)73-51-36-49(37-65)72-55(51)64-54-52(61-57(64)59(40-14-10-7-11-15-40,43-22-30-47(70-4)31-23-43)44-24-32-48(71-5)33-25-44)53(60)62-56(63-54)58(39-12-8-6-9-13-39,41-18-26-45(68-2)27-19-41)42-20-28-46(69-3)29-21-42/h6-35,49,51,55,65H,36-37H2,1-5H3,(H2,60,62,63)/t49-,51-,55+/m0/s1. The molecule has 10 rings (SSSR count). The van der Waals surface area contributed by atoms with Gasteiger partial charge in [-0.05, 0) is 101 Å². The van der Waals surface area contributed by atoms with Gasteiger partial charge >= 0.3 is 0 Å². The SMILES string of the molecule is COc1ccc(C(c2ccccc2)(c2ccc(OC)cc2)c2nc(N)c3nc(C(c4ccccc4)(c4ccc(OC)cc4)c4ccc(OC)cc4)n([C@@H]4O[C@H](CO)C[C@@H]4OS(=O)(=O)c4ccc(C)cc4)c3n2)cc1. The number of fused-ring (bicyclic) bond motifs is 1. The van der Waals surface area contributed by atoms with Crippen molar-refractivity contribution in [2.75, 3.05) is 40.8 Å². The fraction of sp³-hybridized carbons (Fsp3) is 0.203. The molecule has 1 fully saturated rings. The maximum atomic E-state index is 14.5. The third-order valence-electron chi connectivity index (χ3n) is 13.9. The topological polar surface area (TPSA) is 179 Å². The number of aliphatic hydroxyl groups is 1. The quantitative estimate of drug-likeness (QED) is 0.0651. The molecule has 0 aliphatic carbocycles. The molecule has 3 N–H and O–H groups in total. The number of aryl methyl sites for hydroxylation is 1. The largest absolute Gasteiger partial charge is 0.497 e. The number of rotatable bonds is 17. The number of anilines is 1. The smallest absolute Gasteiger partial charge is 0.297 e. The molecule has 0 bridgehead atoms. The Bertz CT molecular complexity index is 3390. The molecule has 14 nitrogen and oxygen atoms in total. The van der Waals surface area contributed by atoms with Gasteiger partial charge < -0.3 is 34.5 Å². The minimum Gasteiger partial charge on any atom is -0.497 e. The van der Waals surface area contributed by atoms with Gasteiger partial charge in [0.2, 0.25) is 0 Å². The summed E-state index contributed by atoms with van der Waals surface area (Å²) in [4.78, 5) is 16.4. The molecule has 9 aromatic rings. The Kier molecular flexibility index (Phi) is 13.7. The lowest BCUT2D eigenvalue weighted by atomic mass is 9.68. The van der Waals surface area contributed by atoms with Gasteiger partial charge in [0.1, 0.15) is 45.8 Å². The number of imidazole rings is 1. The first kappa shape index (κ1) is 49.5. The van der Waals surface area contributed by atoms with Gasteiger partial charge in [0.25, 0.3) is 10.1 Å². The summed E-state index contributed by atoms with van der Waals surface area (Å²) in [5.74, 6) is 3.14. The van der Waals surface area contributed by atoms with E-state index in [-0.39, 0.29) is 34.1 Å². The number of nitrogen functional groups attached to an aromatic ring is 1. The maximum absolute atomic E-state index is 14.5. The van der Waals surface area contributed by atoms with Crippen LogP contribution in [0.25, 0.3) is 11.2 Å². The van der Waals surface area contributed by atoms with Crippen molar-refractivity contribution in [3.8, 4) is 23.0 Å².